The van der Waals surface area contributed by atoms with Crippen molar-refractivity contribution in [2.75, 3.05) is 11.5 Å². The highest BCUT2D eigenvalue weighted by atomic mass is 35.5. The largest absolute Gasteiger partial charge is 0.466 e. The molecule has 152 valence electrons. The molecule has 4 rings (SSSR count). The molecule has 2 aromatic rings. The number of hydrogen-bond donors (Lipinski definition) is 1. The summed E-state index contributed by atoms with van der Waals surface area (Å²) < 4.78 is 11.8. The number of rotatable bonds is 3. The third-order valence-corrected chi connectivity index (χ3v) is 6.16. The molecule has 0 amide bonds. The van der Waals surface area contributed by atoms with E-state index in [1.165, 1.54) is 0 Å². The van der Waals surface area contributed by atoms with E-state index >= 15 is 0 Å². The fraction of sp³-hybridized carbons (Fsp3) is 0.300. The van der Waals surface area contributed by atoms with Crippen LogP contribution in [0.4, 0.5) is 5.69 Å². The van der Waals surface area contributed by atoms with E-state index in [0.717, 1.165) is 0 Å². The standard InChI is InChI=1S/C20H17Cl3N2O3S/c1-3-27-18(26)15-16-13-8-11(22)9-14(23)17(13)28-20(15,2)25(19(29)24-16)12-6-4-5-10(21)7-12/h4-9,15-16H,3H2,1-2H3,(H,24,29)/t15-,16-,20+/m1/s1. The summed E-state index contributed by atoms with van der Waals surface area (Å²) >= 11 is 24.5. The van der Waals surface area contributed by atoms with Gasteiger partial charge in [-0.2, -0.15) is 0 Å². The Bertz CT molecular complexity index is 1020. The molecule has 1 N–H and O–H groups in total. The monoisotopic (exact) mass is 470 g/mol. The van der Waals surface area contributed by atoms with E-state index in [2.05, 4.69) is 5.32 Å². The van der Waals surface area contributed by atoms with Crippen LogP contribution in [0.2, 0.25) is 15.1 Å². The van der Waals surface area contributed by atoms with Crippen molar-refractivity contribution in [1.82, 2.24) is 5.32 Å². The minimum absolute atomic E-state index is 0.239. The number of carbonyl (C=O) groups excluding carboxylic acids is 1. The number of carbonyl (C=O) groups is 1. The molecule has 3 atom stereocenters. The summed E-state index contributed by atoms with van der Waals surface area (Å²) in [4.78, 5) is 14.8. The lowest BCUT2D eigenvalue weighted by molar-refractivity contribution is -0.159. The first-order valence-electron chi connectivity index (χ1n) is 8.97. The number of benzene rings is 2. The molecule has 2 heterocycles. The molecule has 0 spiro atoms. The highest BCUT2D eigenvalue weighted by molar-refractivity contribution is 7.80. The average molecular weight is 472 g/mol. The van der Waals surface area contributed by atoms with E-state index in [4.69, 9.17) is 56.5 Å². The highest BCUT2D eigenvalue weighted by Crippen LogP contribution is 2.52. The Labute approximate surface area is 188 Å². The fourth-order valence-corrected chi connectivity index (χ4v) is 5.14. The summed E-state index contributed by atoms with van der Waals surface area (Å²) in [5.41, 5.74) is 0.138. The molecular formula is C20H17Cl3N2O3S. The molecule has 0 aromatic heterocycles. The maximum atomic E-state index is 13.0. The average Bonchev–Trinajstić information content (AvgIpc) is 2.62. The van der Waals surface area contributed by atoms with Crippen LogP contribution < -0.4 is 15.0 Å². The predicted octanol–water partition coefficient (Wildman–Crippen LogP) is 5.37. The Balaban J connectivity index is 1.93. The zero-order valence-corrected chi connectivity index (χ0v) is 18.6. The number of nitrogens with zero attached hydrogens (tertiary/aromatic N) is 1. The molecular weight excluding hydrogens is 455 g/mol. The van der Waals surface area contributed by atoms with Gasteiger partial charge in [0, 0.05) is 21.3 Å². The summed E-state index contributed by atoms with van der Waals surface area (Å²) in [7, 11) is 0. The van der Waals surface area contributed by atoms with Crippen LogP contribution in [0, 0.1) is 5.92 Å². The summed E-state index contributed by atoms with van der Waals surface area (Å²) in [6.07, 6.45) is 0. The Kier molecular flexibility index (Phi) is 5.32. The van der Waals surface area contributed by atoms with Gasteiger partial charge in [-0.3, -0.25) is 9.69 Å². The minimum atomic E-state index is -1.20. The first-order chi connectivity index (χ1) is 13.8. The number of nitrogens with one attached hydrogen (secondary N) is 1. The molecule has 0 unspecified atom stereocenters. The van der Waals surface area contributed by atoms with Gasteiger partial charge in [0.15, 0.2) is 5.11 Å². The van der Waals surface area contributed by atoms with Crippen molar-refractivity contribution in [3.63, 3.8) is 0 Å². The summed E-state index contributed by atoms with van der Waals surface area (Å²) in [5, 5.41) is 4.97. The second-order valence-electron chi connectivity index (χ2n) is 6.93. The molecule has 2 aliphatic heterocycles. The first-order valence-corrected chi connectivity index (χ1v) is 10.5. The molecule has 0 radical (unpaired) electrons. The Morgan fingerprint density at radius 2 is 2.03 bits per heavy atom. The van der Waals surface area contributed by atoms with Crippen molar-refractivity contribution >= 4 is 63.8 Å². The zero-order valence-electron chi connectivity index (χ0n) is 15.5. The molecule has 2 aromatic carbocycles. The van der Waals surface area contributed by atoms with Gasteiger partial charge in [0.1, 0.15) is 11.7 Å². The molecule has 5 nitrogen and oxygen atoms in total. The summed E-state index contributed by atoms with van der Waals surface area (Å²) in [6.45, 7) is 3.79. The van der Waals surface area contributed by atoms with Crippen LogP contribution in [-0.4, -0.2) is 23.4 Å². The number of fused-ring (bicyclic) bond motifs is 4. The lowest BCUT2D eigenvalue weighted by Gasteiger charge is -2.55. The Morgan fingerprint density at radius 1 is 1.28 bits per heavy atom. The Morgan fingerprint density at radius 3 is 2.72 bits per heavy atom. The quantitative estimate of drug-likeness (QED) is 0.480. The van der Waals surface area contributed by atoms with E-state index < -0.39 is 23.7 Å². The van der Waals surface area contributed by atoms with E-state index in [1.807, 2.05) is 6.07 Å². The number of ether oxygens (including phenoxy) is 2. The molecule has 0 aliphatic carbocycles. The van der Waals surface area contributed by atoms with E-state index in [-0.39, 0.29) is 6.61 Å². The van der Waals surface area contributed by atoms with Crippen molar-refractivity contribution in [1.29, 1.82) is 0 Å². The summed E-state index contributed by atoms with van der Waals surface area (Å²) in [5.74, 6) is -0.704. The lowest BCUT2D eigenvalue weighted by atomic mass is 9.79. The van der Waals surface area contributed by atoms with Crippen LogP contribution >= 0.6 is 47.0 Å². The maximum Gasteiger partial charge on any atom is 0.317 e. The third kappa shape index (κ3) is 3.32. The van der Waals surface area contributed by atoms with Gasteiger partial charge in [0.25, 0.3) is 0 Å². The van der Waals surface area contributed by atoms with Gasteiger partial charge in [0.2, 0.25) is 5.72 Å². The van der Waals surface area contributed by atoms with Crippen molar-refractivity contribution in [2.45, 2.75) is 25.6 Å². The van der Waals surface area contributed by atoms with Crippen LogP contribution in [0.1, 0.15) is 25.5 Å². The third-order valence-electron chi connectivity index (χ3n) is 5.12. The topological polar surface area (TPSA) is 50.8 Å². The normalized spacial score (nSPS) is 25.0. The van der Waals surface area contributed by atoms with Crippen molar-refractivity contribution < 1.29 is 14.3 Å². The second kappa shape index (κ2) is 7.51. The number of hydrogen-bond acceptors (Lipinski definition) is 4. The molecule has 2 aliphatic rings. The van der Waals surface area contributed by atoms with Crippen LogP contribution in [0.15, 0.2) is 36.4 Å². The number of halogens is 3. The lowest BCUT2D eigenvalue weighted by Crippen LogP contribution is -2.71. The number of thiocarbonyl (C=S) groups is 1. The fourth-order valence-electron chi connectivity index (χ4n) is 4.00. The minimum Gasteiger partial charge on any atom is -0.466 e. The van der Waals surface area contributed by atoms with Crippen LogP contribution in [0.3, 0.4) is 0 Å². The Hall–Kier alpha value is -1.73. The van der Waals surface area contributed by atoms with Crippen molar-refractivity contribution in [2.24, 2.45) is 5.92 Å². The highest BCUT2D eigenvalue weighted by Gasteiger charge is 2.60. The van der Waals surface area contributed by atoms with E-state index in [0.29, 0.717) is 37.2 Å². The molecule has 2 bridgehead atoms. The van der Waals surface area contributed by atoms with Crippen LogP contribution in [0.25, 0.3) is 0 Å². The van der Waals surface area contributed by atoms with Gasteiger partial charge in [-0.25, -0.2) is 0 Å². The van der Waals surface area contributed by atoms with Gasteiger partial charge in [-0.1, -0.05) is 40.9 Å². The smallest absolute Gasteiger partial charge is 0.317 e. The zero-order chi connectivity index (χ0) is 20.9. The van der Waals surface area contributed by atoms with E-state index in [9.17, 15) is 4.79 Å². The number of esters is 1. The number of anilines is 1. The predicted molar refractivity (Wildman–Crippen MR) is 118 cm³/mol. The van der Waals surface area contributed by atoms with Crippen molar-refractivity contribution in [3.8, 4) is 5.75 Å². The molecule has 9 heteroatoms. The SMILES string of the molecule is CCOC(=O)[C@H]1[C@@H]2NC(=S)N(c3cccc(Cl)c3)[C@@]1(C)Oc1c(Cl)cc(Cl)cc12. The van der Waals surface area contributed by atoms with Crippen LogP contribution in [0.5, 0.6) is 5.75 Å². The summed E-state index contributed by atoms with van der Waals surface area (Å²) in [6, 6.07) is 9.98. The molecule has 1 saturated heterocycles. The van der Waals surface area contributed by atoms with Gasteiger partial charge >= 0.3 is 5.97 Å². The first kappa shape index (κ1) is 20.5. The van der Waals surface area contributed by atoms with Gasteiger partial charge in [-0.05, 0) is 56.4 Å². The maximum absolute atomic E-state index is 13.0. The molecule has 1 fully saturated rings. The molecule has 29 heavy (non-hydrogen) atoms. The van der Waals surface area contributed by atoms with Gasteiger partial charge in [0.05, 0.1) is 17.7 Å². The molecule has 0 saturated carbocycles. The van der Waals surface area contributed by atoms with Gasteiger partial charge < -0.3 is 14.8 Å². The second-order valence-corrected chi connectivity index (χ2v) is 8.60. The van der Waals surface area contributed by atoms with Gasteiger partial charge in [-0.15, -0.1) is 0 Å². The van der Waals surface area contributed by atoms with E-state index in [1.54, 1.807) is 49.1 Å². The van der Waals surface area contributed by atoms with Crippen LogP contribution in [-0.2, 0) is 9.53 Å². The van der Waals surface area contributed by atoms with Crippen molar-refractivity contribution in [3.05, 3.63) is 57.0 Å².